The number of aryl methyl sites for hydroxylation is 1. The molecule has 1 aromatic heterocycles. The molecule has 3 rings (SSSR count). The minimum absolute atomic E-state index is 0.289. The highest BCUT2D eigenvalue weighted by Gasteiger charge is 2.37. The topological polar surface area (TPSA) is 62.6 Å². The van der Waals surface area contributed by atoms with Gasteiger partial charge in [-0.1, -0.05) is 0 Å². The fraction of sp³-hybridized carbons (Fsp3) is 0.333. The number of halogens is 1. The van der Waals surface area contributed by atoms with Crippen molar-refractivity contribution in [1.82, 2.24) is 9.78 Å². The number of benzene rings is 1. The van der Waals surface area contributed by atoms with Gasteiger partial charge in [0.25, 0.3) is 0 Å². The predicted octanol–water partition coefficient (Wildman–Crippen LogP) is 3.05. The third-order valence-corrected chi connectivity index (χ3v) is 3.74. The number of fused-ring (bicyclic) bond motifs is 1. The van der Waals surface area contributed by atoms with Crippen LogP contribution in [0.15, 0.2) is 29.0 Å². The Morgan fingerprint density at radius 3 is 2.82 bits per heavy atom. The van der Waals surface area contributed by atoms with Gasteiger partial charge in [-0.25, -0.2) is 4.79 Å². The molecule has 1 aliphatic rings. The van der Waals surface area contributed by atoms with Gasteiger partial charge in [-0.3, -0.25) is 4.68 Å². The number of esters is 1. The van der Waals surface area contributed by atoms with Crippen LogP contribution >= 0.6 is 15.9 Å². The van der Waals surface area contributed by atoms with E-state index in [1.807, 2.05) is 13.2 Å². The van der Waals surface area contributed by atoms with Crippen LogP contribution < -0.4 is 9.47 Å². The summed E-state index contributed by atoms with van der Waals surface area (Å²) in [7, 11) is 1.83. The monoisotopic (exact) mass is 366 g/mol. The van der Waals surface area contributed by atoms with Crippen molar-refractivity contribution >= 4 is 21.9 Å². The van der Waals surface area contributed by atoms with Crippen LogP contribution in [0.5, 0.6) is 11.5 Å². The standard InChI is InChI=1S/C15H15BrN2O4/c1-15(2)21-13-10(16)4-5-11(12(13)14(19)22-15)20-8-9-6-17-18(3)7-9/h4-7H,8H2,1-3H3. The minimum Gasteiger partial charge on any atom is -0.488 e. The molecule has 0 spiro atoms. The first kappa shape index (κ1) is 14.9. The molecule has 0 unspecified atom stereocenters. The molecular formula is C15H15BrN2O4. The molecule has 0 aliphatic carbocycles. The van der Waals surface area contributed by atoms with E-state index in [-0.39, 0.29) is 5.56 Å². The van der Waals surface area contributed by atoms with E-state index in [1.165, 1.54) is 0 Å². The van der Waals surface area contributed by atoms with Gasteiger partial charge in [0.05, 0.1) is 10.7 Å². The molecule has 0 saturated heterocycles. The SMILES string of the molecule is Cn1cc(COc2ccc(Br)c3c2C(=O)OC(C)(C)O3)cn1. The Morgan fingerprint density at radius 1 is 1.36 bits per heavy atom. The maximum atomic E-state index is 12.3. The summed E-state index contributed by atoms with van der Waals surface area (Å²) in [5.74, 6) is -0.615. The van der Waals surface area contributed by atoms with Crippen LogP contribution in [0.2, 0.25) is 0 Å². The van der Waals surface area contributed by atoms with Gasteiger partial charge in [-0.15, -0.1) is 0 Å². The minimum atomic E-state index is -1.01. The van der Waals surface area contributed by atoms with Crippen molar-refractivity contribution in [3.05, 3.63) is 40.1 Å². The van der Waals surface area contributed by atoms with Gasteiger partial charge in [0.15, 0.2) is 5.75 Å². The summed E-state index contributed by atoms with van der Waals surface area (Å²) in [6.07, 6.45) is 3.56. The lowest BCUT2D eigenvalue weighted by molar-refractivity contribution is -0.128. The second-order valence-electron chi connectivity index (χ2n) is 5.45. The fourth-order valence-corrected chi connectivity index (χ4v) is 2.61. The Balaban J connectivity index is 1.91. The highest BCUT2D eigenvalue weighted by Crippen LogP contribution is 2.42. The van der Waals surface area contributed by atoms with Gasteiger partial charge in [0.2, 0.25) is 5.79 Å². The zero-order valence-corrected chi connectivity index (χ0v) is 14.0. The van der Waals surface area contributed by atoms with Crippen LogP contribution in [0, 0.1) is 0 Å². The van der Waals surface area contributed by atoms with E-state index in [9.17, 15) is 4.79 Å². The summed E-state index contributed by atoms with van der Waals surface area (Å²) in [6, 6.07) is 3.49. The lowest BCUT2D eigenvalue weighted by Crippen LogP contribution is -2.39. The Morgan fingerprint density at radius 2 is 2.14 bits per heavy atom. The van der Waals surface area contributed by atoms with E-state index in [1.54, 1.807) is 36.9 Å². The third-order valence-electron chi connectivity index (χ3n) is 3.11. The van der Waals surface area contributed by atoms with Crippen LogP contribution in [0.3, 0.4) is 0 Å². The summed E-state index contributed by atoms with van der Waals surface area (Å²) in [6.45, 7) is 3.67. The summed E-state index contributed by atoms with van der Waals surface area (Å²) in [5, 5.41) is 4.08. The lowest BCUT2D eigenvalue weighted by Gasteiger charge is -2.32. The van der Waals surface area contributed by atoms with E-state index in [0.717, 1.165) is 5.56 Å². The van der Waals surface area contributed by atoms with Crippen molar-refractivity contribution in [2.45, 2.75) is 26.2 Å². The first-order valence-corrected chi connectivity index (χ1v) is 7.50. The van der Waals surface area contributed by atoms with Crippen LogP contribution in [0.25, 0.3) is 0 Å². The molecule has 0 radical (unpaired) electrons. The van der Waals surface area contributed by atoms with Crippen molar-refractivity contribution in [2.75, 3.05) is 0 Å². The molecule has 22 heavy (non-hydrogen) atoms. The zero-order valence-electron chi connectivity index (χ0n) is 12.4. The van der Waals surface area contributed by atoms with E-state index in [2.05, 4.69) is 21.0 Å². The number of hydrogen-bond acceptors (Lipinski definition) is 5. The van der Waals surface area contributed by atoms with E-state index in [4.69, 9.17) is 14.2 Å². The average Bonchev–Trinajstić information content (AvgIpc) is 2.83. The first-order chi connectivity index (χ1) is 10.4. The van der Waals surface area contributed by atoms with Crippen molar-refractivity contribution in [3.8, 4) is 11.5 Å². The highest BCUT2D eigenvalue weighted by molar-refractivity contribution is 9.10. The van der Waals surface area contributed by atoms with Gasteiger partial charge < -0.3 is 14.2 Å². The highest BCUT2D eigenvalue weighted by atomic mass is 79.9. The fourth-order valence-electron chi connectivity index (χ4n) is 2.20. The second-order valence-corrected chi connectivity index (χ2v) is 6.31. The molecular weight excluding hydrogens is 352 g/mol. The molecule has 0 N–H and O–H groups in total. The van der Waals surface area contributed by atoms with E-state index in [0.29, 0.717) is 22.6 Å². The van der Waals surface area contributed by atoms with Gasteiger partial charge in [-0.05, 0) is 28.1 Å². The number of carbonyl (C=O) groups is 1. The van der Waals surface area contributed by atoms with Crippen molar-refractivity contribution < 1.29 is 19.0 Å². The number of ether oxygens (including phenoxy) is 3. The number of cyclic esters (lactones) is 1. The van der Waals surface area contributed by atoms with Crippen LogP contribution in [-0.4, -0.2) is 21.5 Å². The molecule has 2 aromatic rings. The molecule has 116 valence electrons. The first-order valence-electron chi connectivity index (χ1n) is 6.71. The zero-order chi connectivity index (χ0) is 15.9. The van der Waals surface area contributed by atoms with Gasteiger partial charge in [0, 0.05) is 32.7 Å². The average molecular weight is 367 g/mol. The number of hydrogen-bond donors (Lipinski definition) is 0. The Labute approximate surface area is 136 Å². The quantitative estimate of drug-likeness (QED) is 0.781. The lowest BCUT2D eigenvalue weighted by atomic mass is 10.1. The maximum Gasteiger partial charge on any atom is 0.349 e. The molecule has 0 amide bonds. The smallest absolute Gasteiger partial charge is 0.349 e. The van der Waals surface area contributed by atoms with Crippen LogP contribution in [0.1, 0.15) is 29.8 Å². The van der Waals surface area contributed by atoms with Gasteiger partial charge in [0.1, 0.15) is 17.9 Å². The molecule has 6 nitrogen and oxygen atoms in total. The predicted molar refractivity (Wildman–Crippen MR) is 81.8 cm³/mol. The number of aromatic nitrogens is 2. The molecule has 0 atom stereocenters. The Kier molecular flexibility index (Phi) is 3.60. The molecule has 1 aliphatic heterocycles. The van der Waals surface area contributed by atoms with Crippen LogP contribution in [-0.2, 0) is 18.4 Å². The molecule has 0 fully saturated rings. The Hall–Kier alpha value is -2.02. The molecule has 0 bridgehead atoms. The largest absolute Gasteiger partial charge is 0.488 e. The van der Waals surface area contributed by atoms with Gasteiger partial charge in [-0.2, -0.15) is 5.10 Å². The maximum absolute atomic E-state index is 12.3. The molecule has 7 heteroatoms. The normalized spacial score (nSPS) is 15.7. The molecule has 2 heterocycles. The van der Waals surface area contributed by atoms with Crippen molar-refractivity contribution in [1.29, 1.82) is 0 Å². The van der Waals surface area contributed by atoms with E-state index < -0.39 is 11.8 Å². The number of nitrogens with zero attached hydrogens (tertiary/aromatic N) is 2. The summed E-state index contributed by atoms with van der Waals surface area (Å²) >= 11 is 3.39. The molecule has 0 saturated carbocycles. The summed E-state index contributed by atoms with van der Waals surface area (Å²) in [4.78, 5) is 12.3. The third kappa shape index (κ3) is 2.81. The Bertz CT molecular complexity index is 739. The second kappa shape index (κ2) is 5.31. The van der Waals surface area contributed by atoms with Crippen molar-refractivity contribution in [2.24, 2.45) is 7.05 Å². The van der Waals surface area contributed by atoms with Gasteiger partial charge >= 0.3 is 5.97 Å². The molecule has 1 aromatic carbocycles. The summed E-state index contributed by atoms with van der Waals surface area (Å²) < 4.78 is 19.1. The number of rotatable bonds is 3. The number of carbonyl (C=O) groups excluding carboxylic acids is 1. The summed E-state index contributed by atoms with van der Waals surface area (Å²) in [5.41, 5.74) is 1.20. The van der Waals surface area contributed by atoms with Crippen molar-refractivity contribution in [3.63, 3.8) is 0 Å². The van der Waals surface area contributed by atoms with Crippen LogP contribution in [0.4, 0.5) is 0 Å². The van der Waals surface area contributed by atoms with E-state index >= 15 is 0 Å².